The number of fused-ring (bicyclic) bond motifs is 1. The van der Waals surface area contributed by atoms with Gasteiger partial charge in [-0.25, -0.2) is 0 Å². The Morgan fingerprint density at radius 1 is 1.03 bits per heavy atom. The molecule has 3 aromatic rings. The average molecular weight is 429 g/mol. The molecule has 1 fully saturated rings. The second-order valence-electron chi connectivity index (χ2n) is 8.52. The number of hydrogen-bond acceptors (Lipinski definition) is 5. The quantitative estimate of drug-likeness (QED) is 0.577. The maximum Gasteiger partial charge on any atom is 0.0660 e. The Morgan fingerprint density at radius 2 is 1.84 bits per heavy atom. The van der Waals surface area contributed by atoms with Crippen molar-refractivity contribution >= 4 is 34.5 Å². The average Bonchev–Trinajstić information content (AvgIpc) is 3.32. The van der Waals surface area contributed by atoms with E-state index in [1.165, 1.54) is 33.5 Å². The lowest BCUT2D eigenvalue weighted by atomic mass is 9.94. The van der Waals surface area contributed by atoms with Gasteiger partial charge in [-0.05, 0) is 88.8 Å². The van der Waals surface area contributed by atoms with Crippen LogP contribution in [0.15, 0.2) is 70.5 Å². The molecule has 0 radical (unpaired) electrons. The highest BCUT2D eigenvalue weighted by Gasteiger charge is 2.21. The molecule has 4 nitrogen and oxygen atoms in total. The third-order valence-corrected chi connectivity index (χ3v) is 6.63. The lowest BCUT2D eigenvalue weighted by Crippen LogP contribution is -2.54. The van der Waals surface area contributed by atoms with E-state index in [2.05, 4.69) is 99.9 Å². The van der Waals surface area contributed by atoms with Gasteiger partial charge >= 0.3 is 0 Å². The van der Waals surface area contributed by atoms with Crippen LogP contribution in [0, 0.1) is 0 Å². The molecule has 1 saturated heterocycles. The van der Waals surface area contributed by atoms with Gasteiger partial charge in [0.15, 0.2) is 0 Å². The van der Waals surface area contributed by atoms with Crippen LogP contribution >= 0.6 is 11.3 Å². The lowest BCUT2D eigenvalue weighted by Gasteiger charge is -2.37. The summed E-state index contributed by atoms with van der Waals surface area (Å²) >= 11 is 1.73. The molecule has 2 aliphatic rings. The first-order chi connectivity index (χ1) is 15.2. The van der Waals surface area contributed by atoms with Crippen LogP contribution in [0.25, 0.3) is 16.7 Å². The zero-order valence-electron chi connectivity index (χ0n) is 18.0. The van der Waals surface area contributed by atoms with E-state index in [4.69, 9.17) is 0 Å². The Morgan fingerprint density at radius 3 is 2.58 bits per heavy atom. The van der Waals surface area contributed by atoms with Gasteiger partial charge in [-0.2, -0.15) is 11.3 Å². The smallest absolute Gasteiger partial charge is 0.0660 e. The number of hydrogen-bond donors (Lipinski definition) is 2. The fourth-order valence-corrected chi connectivity index (χ4v) is 5.15. The summed E-state index contributed by atoms with van der Waals surface area (Å²) in [7, 11) is 0. The van der Waals surface area contributed by atoms with Gasteiger partial charge in [-0.1, -0.05) is 12.1 Å². The number of aliphatic imine (C=N–C) groups is 1. The van der Waals surface area contributed by atoms with Crippen molar-refractivity contribution in [1.29, 1.82) is 0 Å². The van der Waals surface area contributed by atoms with Crippen LogP contribution in [0.1, 0.15) is 25.0 Å². The van der Waals surface area contributed by atoms with Crippen molar-refractivity contribution in [2.24, 2.45) is 4.99 Å². The zero-order valence-corrected chi connectivity index (χ0v) is 18.8. The standard InChI is InChI=1S/C26H28N4S/c1-18-15-30(16-19(2)29-18)25-7-5-24(6-8-25)28-14-23-13-27-12-21-4-3-20(11-26(21)23)22-9-10-31-17-22/h3-12,14,17-19,28-29H,13,15-16H2,1-2H3/b23-14+. The highest BCUT2D eigenvalue weighted by molar-refractivity contribution is 7.08. The number of benzene rings is 2. The number of nitrogens with one attached hydrogen (secondary N) is 2. The summed E-state index contributed by atoms with van der Waals surface area (Å²) in [6.45, 7) is 7.28. The third-order valence-electron chi connectivity index (χ3n) is 5.95. The molecule has 5 heteroatoms. The van der Waals surface area contributed by atoms with Crippen LogP contribution in [-0.2, 0) is 0 Å². The van der Waals surface area contributed by atoms with Gasteiger partial charge in [0.25, 0.3) is 0 Å². The Kier molecular flexibility index (Phi) is 5.62. The molecule has 2 aromatic carbocycles. The molecule has 0 amide bonds. The summed E-state index contributed by atoms with van der Waals surface area (Å²) in [4.78, 5) is 7.01. The van der Waals surface area contributed by atoms with Crippen molar-refractivity contribution in [1.82, 2.24) is 5.32 Å². The number of thiophene rings is 1. The third kappa shape index (κ3) is 4.43. The predicted molar refractivity (Wildman–Crippen MR) is 135 cm³/mol. The topological polar surface area (TPSA) is 39.7 Å². The molecular weight excluding hydrogens is 400 g/mol. The Bertz CT molecular complexity index is 1090. The second kappa shape index (κ2) is 8.69. The van der Waals surface area contributed by atoms with Gasteiger partial charge in [0.1, 0.15) is 0 Å². The normalized spacial score (nSPS) is 21.9. The molecule has 2 aliphatic heterocycles. The summed E-state index contributed by atoms with van der Waals surface area (Å²) in [6, 6.07) is 18.6. The van der Waals surface area contributed by atoms with Gasteiger partial charge in [0, 0.05) is 49.0 Å². The summed E-state index contributed by atoms with van der Waals surface area (Å²) in [5.74, 6) is 0. The van der Waals surface area contributed by atoms with Crippen molar-refractivity contribution in [3.8, 4) is 11.1 Å². The molecule has 3 heterocycles. The van der Waals surface area contributed by atoms with Crippen LogP contribution < -0.4 is 15.5 Å². The summed E-state index contributed by atoms with van der Waals surface area (Å²) < 4.78 is 0. The minimum atomic E-state index is 0.511. The fourth-order valence-electron chi connectivity index (χ4n) is 4.48. The van der Waals surface area contributed by atoms with E-state index in [0.717, 1.165) is 18.8 Å². The molecule has 0 bridgehead atoms. The minimum absolute atomic E-state index is 0.511. The van der Waals surface area contributed by atoms with Gasteiger partial charge < -0.3 is 15.5 Å². The highest BCUT2D eigenvalue weighted by atomic mass is 32.1. The van der Waals surface area contributed by atoms with E-state index in [1.807, 2.05) is 6.21 Å². The van der Waals surface area contributed by atoms with Crippen LogP contribution in [0.2, 0.25) is 0 Å². The largest absolute Gasteiger partial charge is 0.368 e. The maximum atomic E-state index is 4.55. The van der Waals surface area contributed by atoms with Crippen molar-refractivity contribution in [2.75, 3.05) is 29.9 Å². The molecule has 2 N–H and O–H groups in total. The van der Waals surface area contributed by atoms with Gasteiger partial charge in [0.05, 0.1) is 6.54 Å². The number of nitrogens with zero attached hydrogens (tertiary/aromatic N) is 2. The van der Waals surface area contributed by atoms with Crippen LogP contribution in [0.3, 0.4) is 0 Å². The summed E-state index contributed by atoms with van der Waals surface area (Å²) in [5, 5.41) is 11.4. The van der Waals surface area contributed by atoms with Crippen molar-refractivity contribution < 1.29 is 0 Å². The molecule has 2 atom stereocenters. The Hall–Kier alpha value is -2.89. The van der Waals surface area contributed by atoms with E-state index in [0.29, 0.717) is 18.6 Å². The molecular formula is C26H28N4S. The first-order valence-electron chi connectivity index (χ1n) is 10.9. The summed E-state index contributed by atoms with van der Waals surface area (Å²) in [6.07, 6.45) is 4.09. The molecule has 1 aromatic heterocycles. The first kappa shape index (κ1) is 20.0. The zero-order chi connectivity index (χ0) is 21.2. The van der Waals surface area contributed by atoms with E-state index in [-0.39, 0.29) is 0 Å². The van der Waals surface area contributed by atoms with Crippen LogP contribution in [0.4, 0.5) is 11.4 Å². The van der Waals surface area contributed by atoms with Gasteiger partial charge in [0.2, 0.25) is 0 Å². The highest BCUT2D eigenvalue weighted by Crippen LogP contribution is 2.30. The van der Waals surface area contributed by atoms with Gasteiger partial charge in [-0.3, -0.25) is 4.99 Å². The second-order valence-corrected chi connectivity index (χ2v) is 9.30. The van der Waals surface area contributed by atoms with E-state index < -0.39 is 0 Å². The van der Waals surface area contributed by atoms with Crippen molar-refractivity contribution in [2.45, 2.75) is 25.9 Å². The predicted octanol–water partition coefficient (Wildman–Crippen LogP) is 5.49. The minimum Gasteiger partial charge on any atom is -0.368 e. The lowest BCUT2D eigenvalue weighted by molar-refractivity contribution is 0.407. The molecule has 2 unspecified atom stereocenters. The Labute approximate surface area is 188 Å². The van der Waals surface area contributed by atoms with Crippen LogP contribution in [0.5, 0.6) is 0 Å². The van der Waals surface area contributed by atoms with Crippen molar-refractivity contribution in [3.63, 3.8) is 0 Å². The molecule has 5 rings (SSSR count). The van der Waals surface area contributed by atoms with Crippen molar-refractivity contribution in [3.05, 3.63) is 76.6 Å². The molecule has 158 valence electrons. The van der Waals surface area contributed by atoms with E-state index >= 15 is 0 Å². The molecule has 0 aliphatic carbocycles. The monoisotopic (exact) mass is 428 g/mol. The first-order valence-corrected chi connectivity index (χ1v) is 11.8. The molecule has 0 saturated carbocycles. The maximum absolute atomic E-state index is 4.55. The molecule has 0 spiro atoms. The van der Waals surface area contributed by atoms with E-state index in [9.17, 15) is 0 Å². The summed E-state index contributed by atoms with van der Waals surface area (Å²) in [5.41, 5.74) is 8.55. The Balaban J connectivity index is 1.33. The number of anilines is 2. The SMILES string of the molecule is CC1CN(c2ccc(N/C=C3\CN=Cc4ccc(-c5ccsc5)cc43)cc2)CC(C)N1. The van der Waals surface area contributed by atoms with E-state index in [1.54, 1.807) is 11.3 Å². The van der Waals surface area contributed by atoms with Gasteiger partial charge in [-0.15, -0.1) is 0 Å². The van der Waals surface area contributed by atoms with Crippen LogP contribution in [-0.4, -0.2) is 37.9 Å². The number of rotatable bonds is 4. The molecule has 31 heavy (non-hydrogen) atoms. The fraction of sp³-hybridized carbons (Fsp3) is 0.269. The number of piperazine rings is 1.